The third-order valence-corrected chi connectivity index (χ3v) is 2.60. The van der Waals surface area contributed by atoms with E-state index in [1.807, 2.05) is 12.2 Å². The highest BCUT2D eigenvalue weighted by Gasteiger charge is 2.07. The highest BCUT2D eigenvalue weighted by Crippen LogP contribution is 2.07. The molecule has 3 nitrogen and oxygen atoms in total. The molecular formula is C13H19BrO3. The molecule has 0 fully saturated rings. The van der Waals surface area contributed by atoms with Gasteiger partial charge in [0.15, 0.2) is 5.78 Å². The van der Waals surface area contributed by atoms with Crippen molar-refractivity contribution in [3.8, 4) is 0 Å². The van der Waals surface area contributed by atoms with Crippen LogP contribution < -0.4 is 0 Å². The lowest BCUT2D eigenvalue weighted by atomic mass is 10.1. The van der Waals surface area contributed by atoms with Crippen molar-refractivity contribution in [2.24, 2.45) is 0 Å². The predicted molar refractivity (Wildman–Crippen MR) is 72.2 cm³/mol. The number of allylic oxidation sites excluding steroid dienone is 3. The van der Waals surface area contributed by atoms with Crippen LogP contribution in [0.4, 0.5) is 0 Å². The first kappa shape index (κ1) is 16.1. The largest absolute Gasteiger partial charge is 0.463 e. The van der Waals surface area contributed by atoms with Gasteiger partial charge >= 0.3 is 5.97 Å². The summed E-state index contributed by atoms with van der Waals surface area (Å²) < 4.78 is 4.91. The van der Waals surface area contributed by atoms with Crippen molar-refractivity contribution in [3.63, 3.8) is 0 Å². The molecule has 0 amide bonds. The first-order valence-electron chi connectivity index (χ1n) is 5.71. The second kappa shape index (κ2) is 10.3. The molecule has 0 N–H and O–H groups in total. The van der Waals surface area contributed by atoms with E-state index < -0.39 is 0 Å². The summed E-state index contributed by atoms with van der Waals surface area (Å²) in [5.74, 6) is -0.197. The third-order valence-electron chi connectivity index (χ3n) is 2.00. The Morgan fingerprint density at radius 2 is 2.00 bits per heavy atom. The first-order chi connectivity index (χ1) is 8.11. The Kier molecular flexibility index (Phi) is 9.72. The monoisotopic (exact) mass is 302 g/mol. The maximum absolute atomic E-state index is 11.4. The van der Waals surface area contributed by atoms with Crippen LogP contribution in [0.3, 0.4) is 0 Å². The number of carbonyl (C=O) groups excluding carboxylic acids is 2. The van der Waals surface area contributed by atoms with E-state index in [1.165, 1.54) is 6.92 Å². The molecule has 0 spiro atoms. The van der Waals surface area contributed by atoms with Gasteiger partial charge in [-0.15, -0.1) is 0 Å². The van der Waals surface area contributed by atoms with Crippen LogP contribution in [0, 0.1) is 0 Å². The third kappa shape index (κ3) is 8.86. The molecule has 0 radical (unpaired) electrons. The van der Waals surface area contributed by atoms with Crippen molar-refractivity contribution in [1.82, 2.24) is 0 Å². The SMILES string of the molecule is CCOC(=O)/C(=C/CCC/C=C/C(C)=O)CBr. The number of rotatable bonds is 8. The fourth-order valence-corrected chi connectivity index (χ4v) is 1.64. The molecule has 4 heteroatoms. The Hall–Kier alpha value is -0.900. The second-order valence-electron chi connectivity index (χ2n) is 3.53. The van der Waals surface area contributed by atoms with Crippen molar-refractivity contribution in [1.29, 1.82) is 0 Å². The molecule has 96 valence electrons. The van der Waals surface area contributed by atoms with Crippen LogP contribution in [0.25, 0.3) is 0 Å². The predicted octanol–water partition coefficient (Wildman–Crippen LogP) is 3.19. The number of unbranched alkanes of at least 4 members (excludes halogenated alkanes) is 2. The second-order valence-corrected chi connectivity index (χ2v) is 4.09. The lowest BCUT2D eigenvalue weighted by Crippen LogP contribution is -2.08. The number of ether oxygens (including phenoxy) is 1. The molecule has 0 aromatic carbocycles. The molecular weight excluding hydrogens is 284 g/mol. The zero-order valence-electron chi connectivity index (χ0n) is 10.4. The van der Waals surface area contributed by atoms with Gasteiger partial charge < -0.3 is 4.74 Å². The zero-order valence-corrected chi connectivity index (χ0v) is 12.0. The number of hydrogen-bond donors (Lipinski definition) is 0. The van der Waals surface area contributed by atoms with Gasteiger partial charge in [-0.25, -0.2) is 4.79 Å². The molecule has 0 aliphatic heterocycles. The van der Waals surface area contributed by atoms with Crippen LogP contribution in [0.1, 0.15) is 33.1 Å². The zero-order chi connectivity index (χ0) is 13.1. The normalized spacial score (nSPS) is 11.8. The Morgan fingerprint density at radius 3 is 2.53 bits per heavy atom. The topological polar surface area (TPSA) is 43.4 Å². The lowest BCUT2D eigenvalue weighted by molar-refractivity contribution is -0.138. The summed E-state index contributed by atoms with van der Waals surface area (Å²) in [7, 11) is 0. The van der Waals surface area contributed by atoms with Crippen LogP contribution in [0.2, 0.25) is 0 Å². The van der Waals surface area contributed by atoms with Gasteiger partial charge in [0.05, 0.1) is 6.61 Å². The van der Waals surface area contributed by atoms with Gasteiger partial charge in [0, 0.05) is 10.9 Å². The Bertz CT molecular complexity index is 306. The molecule has 0 bridgehead atoms. The number of hydrogen-bond acceptors (Lipinski definition) is 3. The molecule has 0 aliphatic rings. The summed E-state index contributed by atoms with van der Waals surface area (Å²) in [6.07, 6.45) is 7.87. The Balaban J connectivity index is 3.95. The van der Waals surface area contributed by atoms with E-state index in [9.17, 15) is 9.59 Å². The van der Waals surface area contributed by atoms with E-state index in [0.717, 1.165) is 19.3 Å². The molecule has 0 unspecified atom stereocenters. The van der Waals surface area contributed by atoms with Crippen LogP contribution in [-0.2, 0) is 14.3 Å². The summed E-state index contributed by atoms with van der Waals surface area (Å²) in [6.45, 7) is 3.71. The molecule has 0 atom stereocenters. The molecule has 0 aromatic heterocycles. The molecule has 17 heavy (non-hydrogen) atoms. The summed E-state index contributed by atoms with van der Waals surface area (Å²) in [5.41, 5.74) is 0.655. The minimum absolute atomic E-state index is 0.0632. The van der Waals surface area contributed by atoms with E-state index >= 15 is 0 Å². The van der Waals surface area contributed by atoms with Gasteiger partial charge in [-0.2, -0.15) is 0 Å². The fraction of sp³-hybridized carbons (Fsp3) is 0.538. The quantitative estimate of drug-likeness (QED) is 0.299. The average molecular weight is 303 g/mol. The van der Waals surface area contributed by atoms with Crippen molar-refractivity contribution in [2.45, 2.75) is 33.1 Å². The minimum atomic E-state index is -0.261. The summed E-state index contributed by atoms with van der Waals surface area (Å²) in [6, 6.07) is 0. The molecule has 0 aromatic rings. The molecule has 0 saturated carbocycles. The lowest BCUT2D eigenvalue weighted by Gasteiger charge is -2.03. The van der Waals surface area contributed by atoms with Gasteiger partial charge in [-0.05, 0) is 39.2 Å². The number of esters is 1. The average Bonchev–Trinajstić information content (AvgIpc) is 2.28. The van der Waals surface area contributed by atoms with E-state index in [2.05, 4.69) is 15.9 Å². The molecule has 0 saturated heterocycles. The number of halogens is 1. The van der Waals surface area contributed by atoms with Gasteiger partial charge in [0.25, 0.3) is 0 Å². The highest BCUT2D eigenvalue weighted by molar-refractivity contribution is 9.09. The number of ketones is 1. The standard InChI is InChI=1S/C13H19BrO3/c1-3-17-13(16)12(10-14)9-7-5-4-6-8-11(2)15/h6,8-9H,3-5,7,10H2,1-2H3/b8-6+,12-9+. The van der Waals surface area contributed by atoms with Gasteiger partial charge in [-0.1, -0.05) is 28.1 Å². The van der Waals surface area contributed by atoms with E-state index in [0.29, 0.717) is 17.5 Å². The number of carbonyl (C=O) groups is 2. The fourth-order valence-electron chi connectivity index (χ4n) is 1.18. The highest BCUT2D eigenvalue weighted by atomic mass is 79.9. The molecule has 0 heterocycles. The minimum Gasteiger partial charge on any atom is -0.463 e. The van der Waals surface area contributed by atoms with Crippen LogP contribution in [-0.4, -0.2) is 23.7 Å². The van der Waals surface area contributed by atoms with Gasteiger partial charge in [-0.3, -0.25) is 4.79 Å². The Labute approximate surface area is 111 Å². The maximum atomic E-state index is 11.4. The van der Waals surface area contributed by atoms with Crippen LogP contribution in [0.15, 0.2) is 23.8 Å². The van der Waals surface area contributed by atoms with Gasteiger partial charge in [0.1, 0.15) is 0 Å². The summed E-state index contributed by atoms with van der Waals surface area (Å²) in [4.78, 5) is 22.0. The van der Waals surface area contributed by atoms with Crippen molar-refractivity contribution >= 4 is 27.7 Å². The van der Waals surface area contributed by atoms with Gasteiger partial charge in [0.2, 0.25) is 0 Å². The number of alkyl halides is 1. The molecule has 0 aliphatic carbocycles. The molecule has 0 rings (SSSR count). The van der Waals surface area contributed by atoms with Crippen molar-refractivity contribution < 1.29 is 14.3 Å². The van der Waals surface area contributed by atoms with Crippen LogP contribution >= 0.6 is 15.9 Å². The Morgan fingerprint density at radius 1 is 1.29 bits per heavy atom. The van der Waals surface area contributed by atoms with E-state index in [4.69, 9.17) is 4.74 Å². The van der Waals surface area contributed by atoms with Crippen molar-refractivity contribution in [3.05, 3.63) is 23.8 Å². The summed E-state index contributed by atoms with van der Waals surface area (Å²) >= 11 is 3.26. The first-order valence-corrected chi connectivity index (χ1v) is 6.83. The maximum Gasteiger partial charge on any atom is 0.334 e. The van der Waals surface area contributed by atoms with Crippen LogP contribution in [0.5, 0.6) is 0 Å². The van der Waals surface area contributed by atoms with E-state index in [-0.39, 0.29) is 11.8 Å². The smallest absolute Gasteiger partial charge is 0.334 e. The van der Waals surface area contributed by atoms with E-state index in [1.54, 1.807) is 13.0 Å². The summed E-state index contributed by atoms with van der Waals surface area (Å²) in [5, 5.41) is 0.509. The van der Waals surface area contributed by atoms with Crippen molar-refractivity contribution in [2.75, 3.05) is 11.9 Å².